The van der Waals surface area contributed by atoms with Crippen molar-refractivity contribution in [1.82, 2.24) is 19.7 Å². The maximum atomic E-state index is 5.72. The Bertz CT molecular complexity index is 945. The number of ether oxygens (including phenoxy) is 2. The normalized spacial score (nSPS) is 16.3. The molecule has 3 heterocycles. The number of nitrogens with zero attached hydrogens (tertiary/aromatic N) is 4. The van der Waals surface area contributed by atoms with Gasteiger partial charge in [-0.25, -0.2) is 9.67 Å². The Morgan fingerprint density at radius 1 is 0.828 bits per heavy atom. The molecule has 0 N–H and O–H groups in total. The molecular weight excluding hydrogens is 364 g/mol. The van der Waals surface area contributed by atoms with E-state index in [-0.39, 0.29) is 0 Å². The van der Waals surface area contributed by atoms with Gasteiger partial charge in [-0.15, -0.1) is 0 Å². The lowest BCUT2D eigenvalue weighted by Gasteiger charge is -2.22. The molecule has 0 fully saturated rings. The zero-order chi connectivity index (χ0) is 19.5. The third kappa shape index (κ3) is 4.27. The van der Waals surface area contributed by atoms with E-state index in [0.29, 0.717) is 13.2 Å². The fourth-order valence-corrected chi connectivity index (χ4v) is 4.01. The van der Waals surface area contributed by atoms with Gasteiger partial charge >= 0.3 is 0 Å². The maximum Gasteiger partial charge on any atom is 0.161 e. The molecule has 6 heteroatoms. The predicted molar refractivity (Wildman–Crippen MR) is 110 cm³/mol. The molecule has 29 heavy (non-hydrogen) atoms. The molecule has 0 atom stereocenters. The Balaban J connectivity index is 1.18. The summed E-state index contributed by atoms with van der Waals surface area (Å²) in [5, 5.41) is 4.77. The molecule has 2 aliphatic heterocycles. The van der Waals surface area contributed by atoms with Crippen molar-refractivity contribution in [3.8, 4) is 11.5 Å². The lowest BCUT2D eigenvalue weighted by Crippen LogP contribution is -2.27. The van der Waals surface area contributed by atoms with Crippen LogP contribution in [0.15, 0.2) is 48.5 Å². The summed E-state index contributed by atoms with van der Waals surface area (Å²) in [6.45, 7) is 5.01. The molecule has 0 bridgehead atoms. The van der Waals surface area contributed by atoms with Crippen molar-refractivity contribution in [3.05, 3.63) is 71.3 Å². The van der Waals surface area contributed by atoms with Crippen molar-refractivity contribution in [2.24, 2.45) is 0 Å². The van der Waals surface area contributed by atoms with Gasteiger partial charge in [0, 0.05) is 32.5 Å². The molecule has 2 aliphatic rings. The Morgan fingerprint density at radius 3 is 2.59 bits per heavy atom. The molecule has 150 valence electrons. The van der Waals surface area contributed by atoms with Crippen LogP contribution in [0.25, 0.3) is 0 Å². The second-order valence-corrected chi connectivity index (χ2v) is 7.66. The monoisotopic (exact) mass is 390 g/mol. The first-order valence-electron chi connectivity index (χ1n) is 10.4. The highest BCUT2D eigenvalue weighted by atomic mass is 16.6. The van der Waals surface area contributed by atoms with Crippen molar-refractivity contribution in [1.29, 1.82) is 0 Å². The molecule has 0 unspecified atom stereocenters. The minimum absolute atomic E-state index is 0.625. The number of hydrogen-bond acceptors (Lipinski definition) is 5. The summed E-state index contributed by atoms with van der Waals surface area (Å²) < 4.78 is 13.4. The highest BCUT2D eigenvalue weighted by molar-refractivity contribution is 5.43. The van der Waals surface area contributed by atoms with Crippen LogP contribution < -0.4 is 9.47 Å². The van der Waals surface area contributed by atoms with Gasteiger partial charge in [0.25, 0.3) is 0 Å². The molecule has 1 aromatic heterocycles. The smallest absolute Gasteiger partial charge is 0.161 e. The molecule has 6 nitrogen and oxygen atoms in total. The van der Waals surface area contributed by atoms with Crippen LogP contribution in [0.5, 0.6) is 11.5 Å². The van der Waals surface area contributed by atoms with Crippen molar-refractivity contribution < 1.29 is 9.47 Å². The SMILES string of the molecule is c1ccc(CCc2nc3n(n2)CCN(Cc2ccc4c(c2)OCCO4)CC3)cc1. The standard InChI is InChI=1S/C23H26N4O2/c1-2-4-18(5-3-1)7-9-22-24-23-10-11-26(12-13-27(23)25-22)17-19-6-8-20-21(16-19)29-15-14-28-20/h1-6,8,16H,7,9-15,17H2. The first-order chi connectivity index (χ1) is 14.3. The number of fused-ring (bicyclic) bond motifs is 2. The van der Waals surface area contributed by atoms with E-state index in [1.54, 1.807) is 0 Å². The van der Waals surface area contributed by atoms with Gasteiger partial charge in [0.1, 0.15) is 19.0 Å². The number of hydrogen-bond donors (Lipinski definition) is 0. The van der Waals surface area contributed by atoms with Gasteiger partial charge < -0.3 is 9.47 Å². The lowest BCUT2D eigenvalue weighted by molar-refractivity contribution is 0.171. The molecule has 0 amide bonds. The van der Waals surface area contributed by atoms with Crippen LogP contribution in [0.4, 0.5) is 0 Å². The van der Waals surface area contributed by atoms with Crippen molar-refractivity contribution >= 4 is 0 Å². The molecular formula is C23H26N4O2. The van der Waals surface area contributed by atoms with E-state index in [4.69, 9.17) is 19.6 Å². The van der Waals surface area contributed by atoms with Gasteiger partial charge in [0.2, 0.25) is 0 Å². The van der Waals surface area contributed by atoms with Gasteiger partial charge in [-0.05, 0) is 29.7 Å². The third-order valence-corrected chi connectivity index (χ3v) is 5.56. The third-order valence-electron chi connectivity index (χ3n) is 5.56. The Labute approximate surface area is 171 Å². The van der Waals surface area contributed by atoms with Gasteiger partial charge in [-0.2, -0.15) is 5.10 Å². The van der Waals surface area contributed by atoms with Gasteiger partial charge in [0.05, 0.1) is 6.54 Å². The summed E-state index contributed by atoms with van der Waals surface area (Å²) in [7, 11) is 0. The van der Waals surface area contributed by atoms with Gasteiger partial charge in [0.15, 0.2) is 17.3 Å². The minimum Gasteiger partial charge on any atom is -0.486 e. The van der Waals surface area contributed by atoms with Crippen LogP contribution in [0, 0.1) is 0 Å². The molecule has 0 saturated heterocycles. The first kappa shape index (κ1) is 18.2. The number of aryl methyl sites for hydroxylation is 2. The second-order valence-electron chi connectivity index (χ2n) is 7.66. The summed E-state index contributed by atoms with van der Waals surface area (Å²) in [5.41, 5.74) is 2.59. The molecule has 0 aliphatic carbocycles. The summed E-state index contributed by atoms with van der Waals surface area (Å²) in [6, 6.07) is 16.8. The molecule has 5 rings (SSSR count). The number of aromatic nitrogens is 3. The van der Waals surface area contributed by atoms with Crippen LogP contribution in [0.2, 0.25) is 0 Å². The molecule has 0 saturated carbocycles. The Hall–Kier alpha value is -2.86. The summed E-state index contributed by atoms with van der Waals surface area (Å²) in [5.74, 6) is 3.78. The van der Waals surface area contributed by atoms with E-state index >= 15 is 0 Å². The highest BCUT2D eigenvalue weighted by Gasteiger charge is 2.19. The van der Waals surface area contributed by atoms with E-state index in [2.05, 4.69) is 52.0 Å². The minimum atomic E-state index is 0.625. The fraction of sp³-hybridized carbons (Fsp3) is 0.391. The second kappa shape index (κ2) is 8.25. The summed E-state index contributed by atoms with van der Waals surface area (Å²) >= 11 is 0. The van der Waals surface area contributed by atoms with E-state index in [1.165, 1.54) is 11.1 Å². The van der Waals surface area contributed by atoms with Crippen LogP contribution in [0.3, 0.4) is 0 Å². The van der Waals surface area contributed by atoms with Crippen LogP contribution in [-0.2, 0) is 32.4 Å². The average molecular weight is 390 g/mol. The summed E-state index contributed by atoms with van der Waals surface area (Å²) in [6.07, 6.45) is 2.81. The van der Waals surface area contributed by atoms with Crippen molar-refractivity contribution in [2.45, 2.75) is 32.4 Å². The molecule has 0 radical (unpaired) electrons. The fourth-order valence-electron chi connectivity index (χ4n) is 4.01. The Kier molecular flexibility index (Phi) is 5.17. The largest absolute Gasteiger partial charge is 0.486 e. The lowest BCUT2D eigenvalue weighted by atomic mass is 10.1. The van der Waals surface area contributed by atoms with Crippen LogP contribution in [0.1, 0.15) is 22.8 Å². The molecule has 0 spiro atoms. The molecule has 2 aromatic carbocycles. The quantitative estimate of drug-likeness (QED) is 0.671. The van der Waals surface area contributed by atoms with Crippen LogP contribution >= 0.6 is 0 Å². The number of rotatable bonds is 5. The van der Waals surface area contributed by atoms with E-state index in [0.717, 1.165) is 68.6 Å². The zero-order valence-corrected chi connectivity index (χ0v) is 16.6. The Morgan fingerprint density at radius 2 is 1.69 bits per heavy atom. The molecule has 3 aromatic rings. The zero-order valence-electron chi connectivity index (χ0n) is 16.6. The first-order valence-corrected chi connectivity index (χ1v) is 10.4. The topological polar surface area (TPSA) is 52.4 Å². The average Bonchev–Trinajstić information content (AvgIpc) is 3.07. The predicted octanol–water partition coefficient (Wildman–Crippen LogP) is 2.89. The summed E-state index contributed by atoms with van der Waals surface area (Å²) in [4.78, 5) is 7.28. The van der Waals surface area contributed by atoms with E-state index in [1.807, 2.05) is 6.07 Å². The van der Waals surface area contributed by atoms with Crippen LogP contribution in [-0.4, -0.2) is 46.0 Å². The number of benzene rings is 2. The van der Waals surface area contributed by atoms with Crippen molar-refractivity contribution in [3.63, 3.8) is 0 Å². The highest BCUT2D eigenvalue weighted by Crippen LogP contribution is 2.31. The van der Waals surface area contributed by atoms with Gasteiger partial charge in [-0.1, -0.05) is 36.4 Å². The van der Waals surface area contributed by atoms with E-state index in [9.17, 15) is 0 Å². The van der Waals surface area contributed by atoms with Crippen molar-refractivity contribution in [2.75, 3.05) is 26.3 Å². The van der Waals surface area contributed by atoms with E-state index < -0.39 is 0 Å². The van der Waals surface area contributed by atoms with Gasteiger partial charge in [-0.3, -0.25) is 4.90 Å². The maximum absolute atomic E-state index is 5.72.